The molecule has 0 amide bonds. The van der Waals surface area contributed by atoms with Crippen LogP contribution in [0.5, 0.6) is 0 Å². The van der Waals surface area contributed by atoms with E-state index in [1.165, 1.54) is 0 Å². The molecule has 0 aliphatic carbocycles. The zero-order valence-electron chi connectivity index (χ0n) is 14.1. The minimum absolute atomic E-state index is 0.285. The highest BCUT2D eigenvalue weighted by Gasteiger charge is 2.33. The monoisotopic (exact) mass is 350 g/mol. The molecule has 0 radical (unpaired) electrons. The average Bonchev–Trinajstić information content (AvgIpc) is 2.52. The second-order valence-corrected chi connectivity index (χ2v) is 5.96. The molecule has 0 fully saturated rings. The van der Waals surface area contributed by atoms with Crippen LogP contribution in [-0.4, -0.2) is 68.5 Å². The first-order valence-electron chi connectivity index (χ1n) is 8.41. The lowest BCUT2D eigenvalue weighted by atomic mass is 10.0. The summed E-state index contributed by atoms with van der Waals surface area (Å²) in [4.78, 5) is 21.4. The van der Waals surface area contributed by atoms with Crippen LogP contribution >= 0.6 is 0 Å². The first kappa shape index (κ1) is 22.8. The summed E-state index contributed by atoms with van der Waals surface area (Å²) in [5.74, 6) is -3.29. The van der Waals surface area contributed by atoms with Crippen LogP contribution in [-0.2, 0) is 14.3 Å². The van der Waals surface area contributed by atoms with Gasteiger partial charge in [0.1, 0.15) is 0 Å². The summed E-state index contributed by atoms with van der Waals surface area (Å²) in [6.07, 6.45) is 0.990. The topological polar surface area (TPSA) is 145 Å². The van der Waals surface area contributed by atoms with Crippen molar-refractivity contribution in [3.8, 4) is 0 Å². The van der Waals surface area contributed by atoms with Crippen molar-refractivity contribution in [1.29, 1.82) is 0 Å². The Kier molecular flexibility index (Phi) is 12.4. The quantitative estimate of drug-likeness (QED) is 0.272. The molecular formula is C16H30O8. The minimum atomic E-state index is -2.18. The lowest BCUT2D eigenvalue weighted by molar-refractivity contribution is -0.173. The van der Waals surface area contributed by atoms with Crippen LogP contribution in [0.3, 0.4) is 0 Å². The number of carbonyl (C=O) groups is 2. The highest BCUT2D eigenvalue weighted by molar-refractivity contribution is 5.83. The Labute approximate surface area is 142 Å². The summed E-state index contributed by atoms with van der Waals surface area (Å²) < 4.78 is 4.81. The third-order valence-corrected chi connectivity index (χ3v) is 3.72. The zero-order valence-corrected chi connectivity index (χ0v) is 14.1. The fourth-order valence-corrected chi connectivity index (χ4v) is 2.25. The van der Waals surface area contributed by atoms with Crippen molar-refractivity contribution in [2.45, 2.75) is 82.7 Å². The van der Waals surface area contributed by atoms with Gasteiger partial charge >= 0.3 is 11.9 Å². The SMILES string of the molecule is CCCCC(O)CCCCCC(O)COC(C(=O)O)C(O)C(=O)O. The number of rotatable bonds is 15. The second kappa shape index (κ2) is 13.1. The van der Waals surface area contributed by atoms with Gasteiger partial charge in [0.15, 0.2) is 12.2 Å². The number of unbranched alkanes of at least 4 members (excludes halogenated alkanes) is 3. The van der Waals surface area contributed by atoms with E-state index in [-0.39, 0.29) is 12.7 Å². The van der Waals surface area contributed by atoms with Crippen LogP contribution in [0.4, 0.5) is 0 Å². The molecule has 0 rings (SSSR count). The Morgan fingerprint density at radius 2 is 1.38 bits per heavy atom. The molecule has 0 heterocycles. The molecule has 0 aliphatic rings. The van der Waals surface area contributed by atoms with E-state index in [2.05, 4.69) is 6.92 Å². The van der Waals surface area contributed by atoms with E-state index in [0.29, 0.717) is 12.8 Å². The van der Waals surface area contributed by atoms with E-state index in [1.54, 1.807) is 0 Å². The van der Waals surface area contributed by atoms with Crippen molar-refractivity contribution >= 4 is 11.9 Å². The second-order valence-electron chi connectivity index (χ2n) is 5.96. The summed E-state index contributed by atoms with van der Waals surface area (Å²) in [5.41, 5.74) is 0. The van der Waals surface area contributed by atoms with Gasteiger partial charge in [-0.15, -0.1) is 0 Å². The molecule has 0 aliphatic heterocycles. The number of carboxylic acids is 2. The van der Waals surface area contributed by atoms with Gasteiger partial charge in [0.25, 0.3) is 0 Å². The van der Waals surface area contributed by atoms with Crippen LogP contribution in [0.1, 0.15) is 58.3 Å². The third-order valence-electron chi connectivity index (χ3n) is 3.72. The van der Waals surface area contributed by atoms with E-state index in [9.17, 15) is 24.9 Å². The van der Waals surface area contributed by atoms with Crippen molar-refractivity contribution in [3.05, 3.63) is 0 Å². The molecule has 0 saturated carbocycles. The Bertz CT molecular complexity index is 360. The minimum Gasteiger partial charge on any atom is -0.479 e. The van der Waals surface area contributed by atoms with Crippen molar-refractivity contribution in [1.82, 2.24) is 0 Å². The highest BCUT2D eigenvalue weighted by atomic mass is 16.5. The zero-order chi connectivity index (χ0) is 18.5. The third kappa shape index (κ3) is 10.5. The Morgan fingerprint density at radius 1 is 0.833 bits per heavy atom. The van der Waals surface area contributed by atoms with Crippen molar-refractivity contribution in [2.75, 3.05) is 6.61 Å². The molecule has 0 spiro atoms. The number of aliphatic carboxylic acids is 2. The predicted molar refractivity (Wildman–Crippen MR) is 85.6 cm³/mol. The van der Waals surface area contributed by atoms with Crippen LogP contribution < -0.4 is 0 Å². The van der Waals surface area contributed by atoms with Crippen LogP contribution in [0.25, 0.3) is 0 Å². The number of carboxylic acid groups (broad SMARTS) is 2. The van der Waals surface area contributed by atoms with Crippen molar-refractivity contribution in [2.24, 2.45) is 0 Å². The lowest BCUT2D eigenvalue weighted by Crippen LogP contribution is -2.43. The first-order valence-corrected chi connectivity index (χ1v) is 8.41. The van der Waals surface area contributed by atoms with E-state index in [0.717, 1.165) is 38.5 Å². The summed E-state index contributed by atoms with van der Waals surface area (Å²) in [5, 5.41) is 46.0. The number of aliphatic hydroxyl groups is 3. The Morgan fingerprint density at radius 3 is 1.88 bits per heavy atom. The maximum atomic E-state index is 10.8. The molecule has 0 saturated heterocycles. The summed E-state index contributed by atoms with van der Waals surface area (Å²) >= 11 is 0. The van der Waals surface area contributed by atoms with Gasteiger partial charge in [-0.05, 0) is 19.3 Å². The van der Waals surface area contributed by atoms with Crippen molar-refractivity contribution in [3.63, 3.8) is 0 Å². The number of aliphatic hydroxyl groups excluding tert-OH is 3. The molecular weight excluding hydrogens is 320 g/mol. The van der Waals surface area contributed by atoms with Gasteiger partial charge in [0.2, 0.25) is 0 Å². The molecule has 0 aromatic carbocycles. The average molecular weight is 350 g/mol. The number of ether oxygens (including phenoxy) is 1. The largest absolute Gasteiger partial charge is 0.479 e. The molecule has 0 aromatic heterocycles. The van der Waals surface area contributed by atoms with Gasteiger partial charge in [0, 0.05) is 0 Å². The summed E-state index contributed by atoms with van der Waals surface area (Å²) in [6, 6.07) is 0. The van der Waals surface area contributed by atoms with Crippen LogP contribution in [0, 0.1) is 0 Å². The Balaban J connectivity index is 3.87. The molecule has 142 valence electrons. The van der Waals surface area contributed by atoms with Crippen molar-refractivity contribution < 1.29 is 39.9 Å². The molecule has 24 heavy (non-hydrogen) atoms. The summed E-state index contributed by atoms with van der Waals surface area (Å²) in [6.45, 7) is 1.71. The molecule has 0 aromatic rings. The molecule has 0 bridgehead atoms. The fraction of sp³-hybridized carbons (Fsp3) is 0.875. The molecule has 5 N–H and O–H groups in total. The molecule has 4 unspecified atom stereocenters. The highest BCUT2D eigenvalue weighted by Crippen LogP contribution is 2.12. The van der Waals surface area contributed by atoms with Crippen LogP contribution in [0.15, 0.2) is 0 Å². The fourth-order valence-electron chi connectivity index (χ4n) is 2.25. The van der Waals surface area contributed by atoms with Gasteiger partial charge in [-0.1, -0.05) is 39.0 Å². The first-order chi connectivity index (χ1) is 11.3. The van der Waals surface area contributed by atoms with E-state index >= 15 is 0 Å². The smallest absolute Gasteiger partial charge is 0.336 e. The van der Waals surface area contributed by atoms with Gasteiger partial charge < -0.3 is 30.3 Å². The van der Waals surface area contributed by atoms with Gasteiger partial charge in [0.05, 0.1) is 18.8 Å². The maximum absolute atomic E-state index is 10.8. The van der Waals surface area contributed by atoms with Gasteiger partial charge in [-0.25, -0.2) is 9.59 Å². The van der Waals surface area contributed by atoms with E-state index < -0.39 is 30.3 Å². The number of hydrogen-bond acceptors (Lipinski definition) is 6. The molecule has 8 nitrogen and oxygen atoms in total. The van der Waals surface area contributed by atoms with E-state index in [4.69, 9.17) is 14.9 Å². The molecule has 4 atom stereocenters. The number of hydrogen-bond donors (Lipinski definition) is 5. The summed E-state index contributed by atoms with van der Waals surface area (Å²) in [7, 11) is 0. The molecule has 8 heteroatoms. The normalized spacial score (nSPS) is 16.3. The van der Waals surface area contributed by atoms with Gasteiger partial charge in [-0.2, -0.15) is 0 Å². The predicted octanol–water partition coefficient (Wildman–Crippen LogP) is 0.764. The lowest BCUT2D eigenvalue weighted by Gasteiger charge is -2.18. The maximum Gasteiger partial charge on any atom is 0.336 e. The van der Waals surface area contributed by atoms with Crippen LogP contribution in [0.2, 0.25) is 0 Å². The van der Waals surface area contributed by atoms with E-state index in [1.807, 2.05) is 0 Å². The standard InChI is InChI=1S/C16H30O8/c1-2-3-7-11(17)8-5-4-6-9-12(18)10-24-14(16(22)23)13(19)15(20)21/h11-14,17-19H,2-10H2,1H3,(H,20,21)(H,22,23). The van der Waals surface area contributed by atoms with Gasteiger partial charge in [-0.3, -0.25) is 0 Å². The Hall–Kier alpha value is -1.22.